The summed E-state index contributed by atoms with van der Waals surface area (Å²) in [4.78, 5) is 39.8. The van der Waals surface area contributed by atoms with Gasteiger partial charge in [-0.05, 0) is 44.4 Å². The molecule has 12 nitrogen and oxygen atoms in total. The van der Waals surface area contributed by atoms with Crippen LogP contribution in [-0.4, -0.2) is 58.5 Å². The van der Waals surface area contributed by atoms with E-state index in [4.69, 9.17) is 4.98 Å². The van der Waals surface area contributed by atoms with E-state index in [1.807, 2.05) is 24.1 Å². The van der Waals surface area contributed by atoms with Gasteiger partial charge >= 0.3 is 12.2 Å². The minimum Gasteiger partial charge on any atom is -0.347 e. The number of carbonyl (C=O) groups excluding carboxylic acids is 2. The summed E-state index contributed by atoms with van der Waals surface area (Å²) in [5, 5.41) is 17.1. The van der Waals surface area contributed by atoms with Crippen molar-refractivity contribution < 1.29 is 22.8 Å². The second kappa shape index (κ2) is 10.9. The van der Waals surface area contributed by atoms with Gasteiger partial charge in [-0.15, -0.1) is 11.3 Å². The van der Waals surface area contributed by atoms with E-state index in [9.17, 15) is 22.8 Å². The molecule has 0 spiro atoms. The zero-order valence-corrected chi connectivity index (χ0v) is 26.8. The molecule has 0 saturated heterocycles. The molecule has 0 unspecified atom stereocenters. The minimum absolute atomic E-state index is 0.186. The number of urea groups is 1. The van der Waals surface area contributed by atoms with E-state index >= 15 is 0 Å². The quantitative estimate of drug-likeness (QED) is 0.197. The lowest BCUT2D eigenvalue weighted by Crippen LogP contribution is -2.59. The van der Waals surface area contributed by atoms with Crippen molar-refractivity contribution in [2.75, 3.05) is 4.90 Å². The average molecular weight is 675 g/mol. The van der Waals surface area contributed by atoms with Crippen molar-refractivity contribution in [1.82, 2.24) is 45.1 Å². The van der Waals surface area contributed by atoms with E-state index in [1.165, 1.54) is 0 Å². The maximum Gasteiger partial charge on any atom is 0.434 e. The number of hydrogen-bond acceptors (Lipinski definition) is 7. The molecule has 1 saturated carbocycles. The fourth-order valence-corrected chi connectivity index (χ4v) is 7.36. The van der Waals surface area contributed by atoms with Crippen LogP contribution in [0.3, 0.4) is 0 Å². The molecule has 1 fully saturated rings. The number of pyridine rings is 1. The van der Waals surface area contributed by atoms with Crippen molar-refractivity contribution in [2.24, 2.45) is 7.05 Å². The van der Waals surface area contributed by atoms with Gasteiger partial charge in [0.1, 0.15) is 5.65 Å². The van der Waals surface area contributed by atoms with Gasteiger partial charge in [-0.2, -0.15) is 23.4 Å². The number of hydrogen-bond donors (Lipinski definition) is 3. The van der Waals surface area contributed by atoms with Gasteiger partial charge in [-0.3, -0.25) is 19.1 Å². The summed E-state index contributed by atoms with van der Waals surface area (Å²) in [5.41, 5.74) is 5.53. The molecule has 1 aliphatic heterocycles. The summed E-state index contributed by atoms with van der Waals surface area (Å²) in [5.74, 6) is -0.667. The number of H-pyrrole nitrogens is 1. The van der Waals surface area contributed by atoms with Crippen LogP contribution in [0.5, 0.6) is 0 Å². The van der Waals surface area contributed by atoms with Crippen LogP contribution in [0, 0.1) is 0 Å². The molecule has 1 aliphatic carbocycles. The topological polar surface area (TPSA) is 139 Å². The van der Waals surface area contributed by atoms with Crippen LogP contribution in [0.15, 0.2) is 48.4 Å². The van der Waals surface area contributed by atoms with Gasteiger partial charge in [0.05, 0.1) is 34.7 Å². The van der Waals surface area contributed by atoms with Crippen molar-refractivity contribution in [1.29, 1.82) is 0 Å². The average Bonchev–Trinajstić information content (AvgIpc) is 3.83. The van der Waals surface area contributed by atoms with E-state index in [-0.39, 0.29) is 29.2 Å². The normalized spacial score (nSPS) is 18.0. The van der Waals surface area contributed by atoms with E-state index in [1.54, 1.807) is 22.0 Å². The van der Waals surface area contributed by atoms with E-state index in [0.29, 0.717) is 36.4 Å². The highest BCUT2D eigenvalue weighted by molar-refractivity contribution is 7.11. The molecule has 0 bridgehead atoms. The lowest BCUT2D eigenvalue weighted by molar-refractivity contribution is -0.140. The summed E-state index contributed by atoms with van der Waals surface area (Å²) in [6.07, 6.45) is 3.50. The third-order valence-electron chi connectivity index (χ3n) is 8.93. The molecule has 2 aliphatic rings. The minimum atomic E-state index is -4.62. The number of aromatic amines is 1. The predicted molar refractivity (Wildman–Crippen MR) is 174 cm³/mol. The molecule has 16 heteroatoms. The number of benzene rings is 1. The van der Waals surface area contributed by atoms with Crippen LogP contribution < -0.4 is 15.5 Å². The number of alkyl halides is 3. The molecule has 6 heterocycles. The number of rotatable bonds is 6. The second-order valence-corrected chi connectivity index (χ2v) is 13.3. The summed E-state index contributed by atoms with van der Waals surface area (Å²) in [6.45, 7) is 4.45. The molecule has 5 aromatic heterocycles. The highest BCUT2D eigenvalue weighted by atomic mass is 32.1. The van der Waals surface area contributed by atoms with Crippen molar-refractivity contribution >= 4 is 50.9 Å². The van der Waals surface area contributed by atoms with Crippen molar-refractivity contribution in [3.05, 3.63) is 64.6 Å². The van der Waals surface area contributed by atoms with Gasteiger partial charge in [0.2, 0.25) is 0 Å². The summed E-state index contributed by atoms with van der Waals surface area (Å²) >= 11 is 0.648. The van der Waals surface area contributed by atoms with Gasteiger partial charge < -0.3 is 15.6 Å². The summed E-state index contributed by atoms with van der Waals surface area (Å²) < 4.78 is 42.8. The number of amides is 3. The molecule has 8 rings (SSSR count). The first kappa shape index (κ1) is 30.1. The zero-order valence-electron chi connectivity index (χ0n) is 26.0. The maximum absolute atomic E-state index is 13.6. The summed E-state index contributed by atoms with van der Waals surface area (Å²) in [6, 6.07) is 5.49. The lowest BCUT2D eigenvalue weighted by atomic mass is 9.84. The molecular weight excluding hydrogens is 645 g/mol. The molecule has 6 aromatic rings. The fourth-order valence-electron chi connectivity index (χ4n) is 6.64. The Hall–Kier alpha value is -5.25. The molecule has 0 atom stereocenters. The second-order valence-electron chi connectivity index (χ2n) is 12.4. The Labute approximate surface area is 275 Å². The highest BCUT2D eigenvalue weighted by Gasteiger charge is 2.42. The van der Waals surface area contributed by atoms with Crippen molar-refractivity contribution in [3.8, 4) is 22.4 Å². The van der Waals surface area contributed by atoms with Gasteiger partial charge in [0.25, 0.3) is 5.91 Å². The van der Waals surface area contributed by atoms with Crippen molar-refractivity contribution in [2.45, 2.75) is 57.5 Å². The fraction of sp³-hybridized carbons (Fsp3) is 0.312. The van der Waals surface area contributed by atoms with Crippen molar-refractivity contribution in [3.63, 3.8) is 0 Å². The number of carbonyl (C=O) groups is 2. The molecule has 1 aromatic carbocycles. The molecule has 246 valence electrons. The van der Waals surface area contributed by atoms with Gasteiger partial charge in [0, 0.05) is 71.6 Å². The highest BCUT2D eigenvalue weighted by Crippen LogP contribution is 2.46. The van der Waals surface area contributed by atoms with Gasteiger partial charge in [0.15, 0.2) is 10.7 Å². The number of thiazole rings is 1. The van der Waals surface area contributed by atoms with E-state index < -0.39 is 17.8 Å². The lowest BCUT2D eigenvalue weighted by Gasteiger charge is -2.45. The molecule has 0 radical (unpaired) electrons. The van der Waals surface area contributed by atoms with Crippen LogP contribution in [0.1, 0.15) is 53.8 Å². The van der Waals surface area contributed by atoms with Gasteiger partial charge in [-0.25, -0.2) is 14.8 Å². The molecule has 48 heavy (non-hydrogen) atoms. The van der Waals surface area contributed by atoms with Crippen LogP contribution in [-0.2, 0) is 19.8 Å². The number of halogens is 3. The molecule has 3 amide bonds. The van der Waals surface area contributed by atoms with Crippen LogP contribution in [0.25, 0.3) is 44.3 Å². The van der Waals surface area contributed by atoms with Crippen LogP contribution in [0.4, 0.5) is 23.7 Å². The Morgan fingerprint density at radius 1 is 1.12 bits per heavy atom. The molecule has 3 N–H and O–H groups in total. The number of aromatic nitrogens is 7. The maximum atomic E-state index is 13.6. The molecular formula is C32H29F3N10O2S. The Kier molecular flexibility index (Phi) is 6.84. The first-order valence-corrected chi connectivity index (χ1v) is 16.2. The Morgan fingerprint density at radius 2 is 1.94 bits per heavy atom. The Bertz CT molecular complexity index is 2240. The van der Waals surface area contributed by atoms with E-state index in [2.05, 4.69) is 62.8 Å². The number of anilines is 1. The Morgan fingerprint density at radius 3 is 2.65 bits per heavy atom. The number of nitrogens with one attached hydrogen (secondary N) is 3. The predicted octanol–water partition coefficient (Wildman–Crippen LogP) is 6.03. The number of nitrogens with zero attached hydrogens (tertiary/aromatic N) is 7. The summed E-state index contributed by atoms with van der Waals surface area (Å²) in [7, 11) is 1.85. The number of fused-ring (bicyclic) bond motifs is 4. The smallest absolute Gasteiger partial charge is 0.347 e. The standard InChI is InChI=1S/C32H29F3N10O2S/c1-15(2)45-22-5-4-16(6-17(22)11-39-45)24-25-27-18(9-36-28(25)42-26(24)19-12-38-43(3)13-19)10-37-31(47)44(27)21-7-20(8-21)40-29(46)30-41-23(14-48-30)32(33,34)35/h4-6,9,11-15,20-21H,7-8,10H2,1-3H3,(H,36,42)(H,37,47)(H,40,46). The van der Waals surface area contributed by atoms with Gasteiger partial charge in [-0.1, -0.05) is 6.07 Å². The van der Waals surface area contributed by atoms with Crippen LogP contribution in [0.2, 0.25) is 0 Å². The SMILES string of the molecule is CC(C)n1ncc2cc(-c3c(-c4cnn(C)c4)[nH]c4ncc5c(c34)N(C3CC(NC(=O)c4nc(C(F)(F)F)cs4)C3)C(=O)NC5)ccc21. The van der Waals surface area contributed by atoms with E-state index in [0.717, 1.165) is 55.3 Å². The number of aryl methyl sites for hydroxylation is 1. The largest absolute Gasteiger partial charge is 0.434 e. The Balaban J connectivity index is 1.18. The third kappa shape index (κ3) is 4.89. The first-order valence-electron chi connectivity index (χ1n) is 15.4. The van der Waals surface area contributed by atoms with Crippen LogP contribution >= 0.6 is 11.3 Å². The zero-order chi connectivity index (χ0) is 33.5. The third-order valence-corrected chi connectivity index (χ3v) is 9.77. The first-order chi connectivity index (χ1) is 23.0. The monoisotopic (exact) mass is 674 g/mol.